The van der Waals surface area contributed by atoms with Crippen LogP contribution in [0.4, 0.5) is 4.39 Å². The van der Waals surface area contributed by atoms with Crippen LogP contribution in [0.15, 0.2) is 206 Å². The average molecular weight is 773 g/mol. The van der Waals surface area contributed by atoms with E-state index in [-0.39, 0.29) is 5.82 Å². The fourth-order valence-electron chi connectivity index (χ4n) is 11.7. The molecule has 0 radical (unpaired) electrons. The van der Waals surface area contributed by atoms with Crippen LogP contribution in [0.3, 0.4) is 0 Å². The SMILES string of the molecule is O=P(c1ccc(F)cc1)(c1ccc2c(c1)C1(c3ccccc3-c3ccccc31)c1ccccc1-2)c1ccc2c(c1)C1(c3ccccc3-c3ccccc31)c1ccccc1-2. The summed E-state index contributed by atoms with van der Waals surface area (Å²) in [6, 6.07) is 71.8. The molecule has 0 aromatic heterocycles. The summed E-state index contributed by atoms with van der Waals surface area (Å²) in [7, 11) is -3.67. The Kier molecular flexibility index (Phi) is 6.53. The van der Waals surface area contributed by atoms with Gasteiger partial charge in [0.15, 0.2) is 7.14 Å². The Balaban J connectivity index is 1.11. The minimum absolute atomic E-state index is 0.356. The summed E-state index contributed by atoms with van der Waals surface area (Å²) in [5.41, 5.74) is 18.0. The first kappa shape index (κ1) is 33.1. The molecule has 59 heavy (non-hydrogen) atoms. The predicted molar refractivity (Wildman–Crippen MR) is 238 cm³/mol. The van der Waals surface area contributed by atoms with Crippen molar-refractivity contribution in [2.45, 2.75) is 10.8 Å². The zero-order valence-corrected chi connectivity index (χ0v) is 32.8. The third-order valence-electron chi connectivity index (χ3n) is 13.9. The summed E-state index contributed by atoms with van der Waals surface area (Å²) in [5.74, 6) is -0.356. The maximum Gasteiger partial charge on any atom is 0.171 e. The van der Waals surface area contributed by atoms with Crippen molar-refractivity contribution in [2.24, 2.45) is 0 Å². The number of hydrogen-bond acceptors (Lipinski definition) is 1. The topological polar surface area (TPSA) is 17.1 Å². The van der Waals surface area contributed by atoms with Crippen molar-refractivity contribution in [1.82, 2.24) is 0 Å². The van der Waals surface area contributed by atoms with Gasteiger partial charge in [0.1, 0.15) is 5.82 Å². The van der Waals surface area contributed by atoms with Gasteiger partial charge in [0.25, 0.3) is 0 Å². The molecule has 0 bridgehead atoms. The van der Waals surface area contributed by atoms with Crippen LogP contribution < -0.4 is 15.9 Å². The Morgan fingerprint density at radius 2 is 0.542 bits per heavy atom. The number of benzene rings is 9. The van der Waals surface area contributed by atoms with Crippen molar-refractivity contribution < 1.29 is 8.96 Å². The Labute approximate surface area is 342 Å². The van der Waals surface area contributed by atoms with Crippen LogP contribution in [-0.2, 0) is 15.4 Å². The van der Waals surface area contributed by atoms with Gasteiger partial charge < -0.3 is 4.57 Å². The fraction of sp³-hybridized carbons (Fsp3) is 0.0357. The maximum atomic E-state index is 16.9. The molecule has 0 saturated carbocycles. The first-order valence-corrected chi connectivity index (χ1v) is 22.0. The van der Waals surface area contributed by atoms with E-state index in [9.17, 15) is 4.39 Å². The number of hydrogen-bond donors (Lipinski definition) is 0. The van der Waals surface area contributed by atoms with Crippen LogP contribution in [-0.4, -0.2) is 0 Å². The van der Waals surface area contributed by atoms with E-state index in [2.05, 4.69) is 182 Å². The van der Waals surface area contributed by atoms with Gasteiger partial charge in [-0.25, -0.2) is 4.39 Å². The predicted octanol–water partition coefficient (Wildman–Crippen LogP) is 12.2. The molecule has 0 unspecified atom stereocenters. The molecule has 9 aromatic carbocycles. The molecule has 4 aliphatic carbocycles. The summed E-state index contributed by atoms with van der Waals surface area (Å²) < 4.78 is 31.8. The summed E-state index contributed by atoms with van der Waals surface area (Å²) in [4.78, 5) is 0. The summed E-state index contributed by atoms with van der Waals surface area (Å²) >= 11 is 0. The van der Waals surface area contributed by atoms with Crippen LogP contribution in [0, 0.1) is 5.82 Å². The molecule has 0 amide bonds. The molecule has 9 aromatic rings. The van der Waals surface area contributed by atoms with Gasteiger partial charge in [-0.3, -0.25) is 0 Å². The highest BCUT2D eigenvalue weighted by atomic mass is 31.2. The lowest BCUT2D eigenvalue weighted by Gasteiger charge is -2.32. The highest BCUT2D eigenvalue weighted by molar-refractivity contribution is 7.85. The van der Waals surface area contributed by atoms with Crippen LogP contribution in [0.1, 0.15) is 44.5 Å². The van der Waals surface area contributed by atoms with Gasteiger partial charge in [-0.2, -0.15) is 0 Å². The lowest BCUT2D eigenvalue weighted by Crippen LogP contribution is -2.31. The zero-order valence-electron chi connectivity index (χ0n) is 31.9. The van der Waals surface area contributed by atoms with Crippen molar-refractivity contribution in [3.05, 3.63) is 257 Å². The number of rotatable bonds is 3. The second-order valence-corrected chi connectivity index (χ2v) is 19.1. The number of halogens is 1. The molecule has 276 valence electrons. The van der Waals surface area contributed by atoms with E-state index < -0.39 is 18.0 Å². The number of fused-ring (bicyclic) bond motifs is 20. The molecule has 4 aliphatic rings. The van der Waals surface area contributed by atoms with Gasteiger partial charge in [-0.05, 0) is 125 Å². The lowest BCUT2D eigenvalue weighted by molar-refractivity contribution is 0.592. The minimum Gasteiger partial charge on any atom is -0.309 e. The van der Waals surface area contributed by atoms with Crippen molar-refractivity contribution >= 4 is 23.1 Å². The molecule has 0 aliphatic heterocycles. The largest absolute Gasteiger partial charge is 0.309 e. The first-order chi connectivity index (χ1) is 29.1. The minimum atomic E-state index is -3.67. The van der Waals surface area contributed by atoms with Gasteiger partial charge >= 0.3 is 0 Å². The summed E-state index contributed by atoms with van der Waals surface area (Å²) in [5, 5.41) is 2.06. The molecule has 3 heteroatoms. The van der Waals surface area contributed by atoms with Gasteiger partial charge in [-0.1, -0.05) is 170 Å². The van der Waals surface area contributed by atoms with Gasteiger partial charge in [0.2, 0.25) is 0 Å². The van der Waals surface area contributed by atoms with E-state index in [0.717, 1.165) is 32.9 Å². The van der Waals surface area contributed by atoms with Gasteiger partial charge in [0.05, 0.1) is 10.8 Å². The van der Waals surface area contributed by atoms with Crippen LogP contribution in [0.25, 0.3) is 44.5 Å². The molecular formula is C56H34FOP. The highest BCUT2D eigenvalue weighted by Gasteiger charge is 2.54. The quantitative estimate of drug-likeness (QED) is 0.164. The van der Waals surface area contributed by atoms with E-state index in [0.29, 0.717) is 5.30 Å². The second kappa shape index (κ2) is 11.6. The molecule has 0 fully saturated rings. The van der Waals surface area contributed by atoms with Gasteiger partial charge in [0, 0.05) is 15.9 Å². The summed E-state index contributed by atoms with van der Waals surface area (Å²) in [6.45, 7) is 0. The van der Waals surface area contributed by atoms with Crippen molar-refractivity contribution in [3.63, 3.8) is 0 Å². The van der Waals surface area contributed by atoms with E-state index in [1.165, 1.54) is 78.9 Å². The fourth-order valence-corrected chi connectivity index (χ4v) is 14.3. The lowest BCUT2D eigenvalue weighted by atomic mass is 9.70. The normalized spacial score (nSPS) is 14.9. The van der Waals surface area contributed by atoms with Crippen LogP contribution in [0.5, 0.6) is 0 Å². The van der Waals surface area contributed by atoms with Crippen molar-refractivity contribution in [1.29, 1.82) is 0 Å². The molecule has 2 spiro atoms. The Hall–Kier alpha value is -6.86. The van der Waals surface area contributed by atoms with Gasteiger partial charge in [-0.15, -0.1) is 0 Å². The Morgan fingerprint density at radius 3 is 0.847 bits per heavy atom. The van der Waals surface area contributed by atoms with Crippen LogP contribution >= 0.6 is 7.14 Å². The average Bonchev–Trinajstić information content (AvgIpc) is 3.98. The first-order valence-electron chi connectivity index (χ1n) is 20.3. The zero-order chi connectivity index (χ0) is 39.1. The molecule has 0 N–H and O–H groups in total. The van der Waals surface area contributed by atoms with Crippen molar-refractivity contribution in [2.75, 3.05) is 0 Å². The Bertz CT molecular complexity index is 3010. The molecule has 0 heterocycles. The molecule has 1 nitrogen and oxygen atoms in total. The van der Waals surface area contributed by atoms with E-state index in [1.54, 1.807) is 12.1 Å². The standard InChI is InChI=1S/C56H34FOP/c57-35-25-27-36(28-26-35)59(58,37-29-31-45-43-17-5-11-23-51(43)55(53(45)33-37)47-19-7-1-13-39(47)40-14-2-8-20-48(40)55)38-30-32-46-44-18-6-12-24-52(44)56(54(46)34-38)49-21-9-3-15-41(49)42-16-4-10-22-50(42)56/h1-34H. The third kappa shape index (κ3) is 3.94. The second-order valence-electron chi connectivity index (χ2n) is 16.3. The summed E-state index contributed by atoms with van der Waals surface area (Å²) in [6.07, 6.45) is 0. The molecular weight excluding hydrogens is 739 g/mol. The Morgan fingerprint density at radius 1 is 0.288 bits per heavy atom. The molecule has 0 saturated heterocycles. The van der Waals surface area contributed by atoms with Crippen LogP contribution in [0.2, 0.25) is 0 Å². The third-order valence-corrected chi connectivity index (χ3v) is 16.9. The molecule has 13 rings (SSSR count). The monoisotopic (exact) mass is 772 g/mol. The smallest absolute Gasteiger partial charge is 0.171 e. The van der Waals surface area contributed by atoms with Crippen molar-refractivity contribution in [3.8, 4) is 44.5 Å². The maximum absolute atomic E-state index is 16.9. The van der Waals surface area contributed by atoms with E-state index in [4.69, 9.17) is 0 Å². The molecule has 0 atom stereocenters. The van der Waals surface area contributed by atoms with E-state index in [1.807, 2.05) is 0 Å². The van der Waals surface area contributed by atoms with E-state index >= 15 is 4.57 Å². The highest BCUT2D eigenvalue weighted by Crippen LogP contribution is 2.65.